The van der Waals surface area contributed by atoms with Crippen LogP contribution in [0, 0.1) is 0 Å². The van der Waals surface area contributed by atoms with Gasteiger partial charge in [-0.3, -0.25) is 0 Å². The van der Waals surface area contributed by atoms with Gasteiger partial charge in [-0.15, -0.1) is 24.0 Å². The average molecular weight is 479 g/mol. The number of alkyl halides is 3. The van der Waals surface area contributed by atoms with E-state index in [1.165, 1.54) is 17.7 Å². The number of hydrogen-bond donors (Lipinski definition) is 2. The second kappa shape index (κ2) is 10.2. The standard InChI is InChI=1S/C18H20F3N3O.HI/c1-2-13-4-3-5-15(10-13)24-17(22)23-11-14-6-8-16(9-7-14)25-12-18(19,20)21;/h3-10H,2,11-12H2,1H3,(H3,22,23,24);1H. The molecule has 8 heteroatoms. The van der Waals surface area contributed by atoms with Gasteiger partial charge in [0.2, 0.25) is 0 Å². The summed E-state index contributed by atoms with van der Waals surface area (Å²) >= 11 is 0. The van der Waals surface area contributed by atoms with E-state index in [1.54, 1.807) is 12.1 Å². The zero-order valence-electron chi connectivity index (χ0n) is 14.2. The van der Waals surface area contributed by atoms with Gasteiger partial charge in [0, 0.05) is 5.69 Å². The van der Waals surface area contributed by atoms with Crippen LogP contribution in [0.2, 0.25) is 0 Å². The van der Waals surface area contributed by atoms with E-state index in [4.69, 9.17) is 5.73 Å². The van der Waals surface area contributed by atoms with Crippen LogP contribution < -0.4 is 15.8 Å². The average Bonchev–Trinajstić information content (AvgIpc) is 2.58. The van der Waals surface area contributed by atoms with Crippen molar-refractivity contribution >= 4 is 35.6 Å². The summed E-state index contributed by atoms with van der Waals surface area (Å²) in [6, 6.07) is 14.1. The van der Waals surface area contributed by atoms with Crippen LogP contribution in [-0.4, -0.2) is 18.7 Å². The summed E-state index contributed by atoms with van der Waals surface area (Å²) < 4.78 is 40.9. The molecule has 0 unspecified atom stereocenters. The molecule has 3 N–H and O–H groups in total. The van der Waals surface area contributed by atoms with Crippen LogP contribution in [0.15, 0.2) is 53.5 Å². The van der Waals surface area contributed by atoms with E-state index in [9.17, 15) is 13.2 Å². The molecule has 0 bridgehead atoms. The Labute approximate surface area is 167 Å². The lowest BCUT2D eigenvalue weighted by molar-refractivity contribution is -0.153. The number of nitrogens with one attached hydrogen (secondary N) is 1. The lowest BCUT2D eigenvalue weighted by atomic mass is 10.1. The summed E-state index contributed by atoms with van der Waals surface area (Å²) in [6.07, 6.45) is -3.42. The Bertz CT molecular complexity index is 718. The van der Waals surface area contributed by atoms with E-state index >= 15 is 0 Å². The maximum atomic E-state index is 12.1. The highest BCUT2D eigenvalue weighted by atomic mass is 127. The molecule has 0 heterocycles. The van der Waals surface area contributed by atoms with Crippen LogP contribution in [0.5, 0.6) is 5.75 Å². The molecule has 2 aromatic carbocycles. The molecule has 2 aromatic rings. The predicted molar refractivity (Wildman–Crippen MR) is 108 cm³/mol. The fourth-order valence-electron chi connectivity index (χ4n) is 2.09. The predicted octanol–water partition coefficient (Wildman–Crippen LogP) is 4.73. The highest BCUT2D eigenvalue weighted by Crippen LogP contribution is 2.19. The van der Waals surface area contributed by atoms with Crippen molar-refractivity contribution in [2.24, 2.45) is 10.7 Å². The second-order valence-electron chi connectivity index (χ2n) is 5.43. The molecule has 2 rings (SSSR count). The highest BCUT2D eigenvalue weighted by molar-refractivity contribution is 14.0. The molecular formula is C18H21F3IN3O. The van der Waals surface area contributed by atoms with Gasteiger partial charge in [-0.2, -0.15) is 13.2 Å². The summed E-state index contributed by atoms with van der Waals surface area (Å²) in [6.45, 7) is 1.07. The number of aryl methyl sites for hydroxylation is 1. The van der Waals surface area contributed by atoms with Crippen molar-refractivity contribution in [2.75, 3.05) is 11.9 Å². The van der Waals surface area contributed by atoms with Crippen LogP contribution in [0.4, 0.5) is 18.9 Å². The summed E-state index contributed by atoms with van der Waals surface area (Å²) in [5.74, 6) is 0.429. The molecule has 0 aliphatic heterocycles. The van der Waals surface area contributed by atoms with Crippen molar-refractivity contribution in [1.29, 1.82) is 0 Å². The number of aliphatic imine (C=N–C) groups is 1. The summed E-state index contributed by atoms with van der Waals surface area (Å²) in [5, 5.41) is 3.01. The van der Waals surface area contributed by atoms with Gasteiger partial charge in [0.25, 0.3) is 0 Å². The lowest BCUT2D eigenvalue weighted by Crippen LogP contribution is -2.22. The summed E-state index contributed by atoms with van der Waals surface area (Å²) in [4.78, 5) is 4.22. The van der Waals surface area contributed by atoms with Crippen LogP contribution in [0.3, 0.4) is 0 Å². The van der Waals surface area contributed by atoms with Crippen molar-refractivity contribution < 1.29 is 17.9 Å². The number of anilines is 1. The van der Waals surface area contributed by atoms with Crippen LogP contribution >= 0.6 is 24.0 Å². The van der Waals surface area contributed by atoms with Gasteiger partial charge in [-0.1, -0.05) is 31.2 Å². The molecule has 0 atom stereocenters. The van der Waals surface area contributed by atoms with E-state index in [0.717, 1.165) is 17.7 Å². The van der Waals surface area contributed by atoms with Gasteiger partial charge in [0.05, 0.1) is 6.54 Å². The molecule has 0 amide bonds. The number of ether oxygens (including phenoxy) is 1. The van der Waals surface area contributed by atoms with Gasteiger partial charge >= 0.3 is 6.18 Å². The largest absolute Gasteiger partial charge is 0.484 e. The minimum Gasteiger partial charge on any atom is -0.484 e. The fourth-order valence-corrected chi connectivity index (χ4v) is 2.09. The van der Waals surface area contributed by atoms with Crippen molar-refractivity contribution in [3.63, 3.8) is 0 Å². The minimum absolute atomic E-state index is 0. The normalized spacial score (nSPS) is 11.6. The van der Waals surface area contributed by atoms with E-state index in [1.807, 2.05) is 24.3 Å². The molecule has 0 saturated carbocycles. The maximum absolute atomic E-state index is 12.1. The van der Waals surface area contributed by atoms with Gasteiger partial charge in [0.15, 0.2) is 12.6 Å². The highest BCUT2D eigenvalue weighted by Gasteiger charge is 2.28. The molecule has 0 aromatic heterocycles. The summed E-state index contributed by atoms with van der Waals surface area (Å²) in [7, 11) is 0. The van der Waals surface area contributed by atoms with Gasteiger partial charge in [-0.05, 0) is 41.8 Å². The molecule has 0 spiro atoms. The van der Waals surface area contributed by atoms with Crippen LogP contribution in [0.1, 0.15) is 18.1 Å². The zero-order chi connectivity index (χ0) is 18.3. The topological polar surface area (TPSA) is 59.6 Å². The van der Waals surface area contributed by atoms with Crippen LogP contribution in [0.25, 0.3) is 0 Å². The Hall–Kier alpha value is -1.97. The number of hydrogen-bond acceptors (Lipinski definition) is 2. The van der Waals surface area contributed by atoms with Gasteiger partial charge < -0.3 is 15.8 Å². The third kappa shape index (κ3) is 7.94. The van der Waals surface area contributed by atoms with Crippen molar-refractivity contribution in [3.8, 4) is 5.75 Å². The summed E-state index contributed by atoms with van der Waals surface area (Å²) in [5.41, 5.74) is 8.72. The number of halogens is 4. The molecule has 0 saturated heterocycles. The van der Waals surface area contributed by atoms with Crippen molar-refractivity contribution in [1.82, 2.24) is 0 Å². The fraction of sp³-hybridized carbons (Fsp3) is 0.278. The molecule has 142 valence electrons. The van der Waals surface area contributed by atoms with Crippen molar-refractivity contribution in [3.05, 3.63) is 59.7 Å². The Kier molecular flexibility index (Phi) is 8.70. The van der Waals surface area contributed by atoms with E-state index < -0.39 is 12.8 Å². The van der Waals surface area contributed by atoms with Crippen LogP contribution in [-0.2, 0) is 13.0 Å². The first-order chi connectivity index (χ1) is 11.9. The van der Waals surface area contributed by atoms with E-state index in [-0.39, 0.29) is 35.7 Å². The number of rotatable bonds is 6. The first-order valence-corrected chi connectivity index (χ1v) is 7.80. The number of guanidine groups is 1. The third-order valence-electron chi connectivity index (χ3n) is 3.37. The minimum atomic E-state index is -4.35. The Morgan fingerprint density at radius 1 is 1.12 bits per heavy atom. The second-order valence-corrected chi connectivity index (χ2v) is 5.43. The molecule has 4 nitrogen and oxygen atoms in total. The van der Waals surface area contributed by atoms with Gasteiger partial charge in [-0.25, -0.2) is 4.99 Å². The number of nitrogens with two attached hydrogens (primary N) is 1. The molecule has 26 heavy (non-hydrogen) atoms. The smallest absolute Gasteiger partial charge is 0.422 e. The first kappa shape index (κ1) is 22.1. The zero-order valence-corrected chi connectivity index (χ0v) is 16.5. The van der Waals surface area contributed by atoms with Crippen molar-refractivity contribution in [2.45, 2.75) is 26.1 Å². The SMILES string of the molecule is CCc1cccc(NC(N)=NCc2ccc(OCC(F)(F)F)cc2)c1.I. The molecule has 0 aliphatic rings. The molecule has 0 aliphatic carbocycles. The maximum Gasteiger partial charge on any atom is 0.422 e. The molecule has 0 radical (unpaired) electrons. The third-order valence-corrected chi connectivity index (χ3v) is 3.37. The molecule has 0 fully saturated rings. The van der Waals surface area contributed by atoms with E-state index in [0.29, 0.717) is 6.54 Å². The van der Waals surface area contributed by atoms with E-state index in [2.05, 4.69) is 22.0 Å². The quantitative estimate of drug-likeness (QED) is 0.358. The molecular weight excluding hydrogens is 458 g/mol. The first-order valence-electron chi connectivity index (χ1n) is 7.80. The monoisotopic (exact) mass is 479 g/mol. The Balaban J connectivity index is 0.00000338. The Morgan fingerprint density at radius 2 is 1.81 bits per heavy atom. The Morgan fingerprint density at radius 3 is 2.42 bits per heavy atom. The van der Waals surface area contributed by atoms with Gasteiger partial charge in [0.1, 0.15) is 5.75 Å². The number of nitrogens with zero attached hydrogens (tertiary/aromatic N) is 1. The number of benzene rings is 2. The lowest BCUT2D eigenvalue weighted by Gasteiger charge is -2.09.